The Bertz CT molecular complexity index is 1550. The van der Waals surface area contributed by atoms with E-state index in [-0.39, 0.29) is 29.5 Å². The Morgan fingerprint density at radius 1 is 1.12 bits per heavy atom. The van der Waals surface area contributed by atoms with Gasteiger partial charge in [0.15, 0.2) is 0 Å². The molecule has 40 heavy (non-hydrogen) atoms. The zero-order valence-electron chi connectivity index (χ0n) is 21.6. The number of allylic oxidation sites excluding steroid dienone is 1. The largest absolute Gasteiger partial charge is 0.469 e. The number of halogens is 5. The molecule has 0 saturated carbocycles. The molecule has 1 aliphatic rings. The number of nitrogens with zero attached hydrogens (tertiary/aromatic N) is 1. The van der Waals surface area contributed by atoms with Crippen LogP contribution in [-0.4, -0.2) is 28.0 Å². The highest BCUT2D eigenvalue weighted by atomic mass is 35.5. The van der Waals surface area contributed by atoms with Crippen LogP contribution in [0.15, 0.2) is 65.6 Å². The molecule has 212 valence electrons. The maximum Gasteiger partial charge on any atom is 0.416 e. The van der Waals surface area contributed by atoms with E-state index < -0.39 is 38.4 Å². The molecule has 1 heterocycles. The second-order valence-electron chi connectivity index (χ2n) is 9.55. The summed E-state index contributed by atoms with van der Waals surface area (Å²) in [6, 6.07) is 13.0. The molecule has 5 nitrogen and oxygen atoms in total. The molecule has 0 radical (unpaired) electrons. The molecule has 0 aliphatic carbocycles. The second kappa shape index (κ2) is 11.6. The summed E-state index contributed by atoms with van der Waals surface area (Å²) in [6.07, 6.45) is -2.34. The summed E-state index contributed by atoms with van der Waals surface area (Å²) >= 11 is 6.17. The number of hydrogen-bond donors (Lipinski definition) is 0. The molecule has 0 aromatic heterocycles. The van der Waals surface area contributed by atoms with Crippen LogP contribution in [-0.2, 0) is 32.2 Å². The molecule has 0 spiro atoms. The number of hydrogen-bond acceptors (Lipinski definition) is 4. The van der Waals surface area contributed by atoms with E-state index in [0.717, 1.165) is 22.5 Å². The number of carbonyl (C=O) groups excluding carboxylic acids is 1. The van der Waals surface area contributed by atoms with Gasteiger partial charge in [0.25, 0.3) is 10.0 Å². The molecule has 0 N–H and O–H groups in total. The first kappa shape index (κ1) is 29.6. The van der Waals surface area contributed by atoms with Gasteiger partial charge >= 0.3 is 12.1 Å². The molecule has 11 heteroatoms. The first-order chi connectivity index (χ1) is 18.8. The summed E-state index contributed by atoms with van der Waals surface area (Å²) in [5.74, 6) is -1.25. The number of methoxy groups -OCH3 is 1. The van der Waals surface area contributed by atoms with Gasteiger partial charge in [0.05, 0.1) is 28.3 Å². The molecule has 0 saturated heterocycles. The summed E-state index contributed by atoms with van der Waals surface area (Å²) < 4.78 is 88.0. The standard InChI is InChI=1S/C29H26ClF4NO4S/c1-18(13-24-25(30)7-4-8-26(24)31)20-10-11-21-14-19(9-12-28(36)39-2)17-35(27(21)15-20)40(37,38)23-6-3-5-22(16-23)29(32,33)34/h3-8,10-11,13,15-16,19H,9,12,14,17H2,1-2H3/b18-13+. The van der Waals surface area contributed by atoms with Gasteiger partial charge in [-0.15, -0.1) is 0 Å². The monoisotopic (exact) mass is 595 g/mol. The minimum atomic E-state index is -4.72. The Kier molecular flexibility index (Phi) is 8.60. The Hall–Kier alpha value is -3.37. The predicted octanol–water partition coefficient (Wildman–Crippen LogP) is 7.38. The van der Waals surface area contributed by atoms with E-state index in [0.29, 0.717) is 41.3 Å². The lowest BCUT2D eigenvalue weighted by molar-refractivity contribution is -0.141. The lowest BCUT2D eigenvalue weighted by Crippen LogP contribution is -2.40. The summed E-state index contributed by atoms with van der Waals surface area (Å²) in [5, 5.41) is 0.208. The van der Waals surface area contributed by atoms with Crippen molar-refractivity contribution in [2.75, 3.05) is 18.0 Å². The quantitative estimate of drug-likeness (QED) is 0.162. The van der Waals surface area contributed by atoms with E-state index in [2.05, 4.69) is 0 Å². The van der Waals surface area contributed by atoms with Gasteiger partial charge in [-0.1, -0.05) is 35.9 Å². The number of ether oxygens (including phenoxy) is 1. The molecular weight excluding hydrogens is 570 g/mol. The lowest BCUT2D eigenvalue weighted by Gasteiger charge is -2.36. The third-order valence-corrected chi connectivity index (χ3v) is 8.94. The van der Waals surface area contributed by atoms with Crippen molar-refractivity contribution >= 4 is 44.9 Å². The first-order valence-electron chi connectivity index (χ1n) is 12.3. The zero-order valence-corrected chi connectivity index (χ0v) is 23.2. The minimum absolute atomic E-state index is 0.0477. The van der Waals surface area contributed by atoms with Crippen molar-refractivity contribution in [1.29, 1.82) is 0 Å². The molecule has 1 aliphatic heterocycles. The van der Waals surface area contributed by atoms with Gasteiger partial charge < -0.3 is 4.74 Å². The third-order valence-electron chi connectivity index (χ3n) is 6.84. The summed E-state index contributed by atoms with van der Waals surface area (Å²) in [5.41, 5.74) is 1.22. The van der Waals surface area contributed by atoms with Crippen molar-refractivity contribution in [2.45, 2.75) is 37.3 Å². The number of anilines is 1. The van der Waals surface area contributed by atoms with Crippen molar-refractivity contribution in [3.63, 3.8) is 0 Å². The fourth-order valence-electron chi connectivity index (χ4n) is 4.68. The first-order valence-corrected chi connectivity index (χ1v) is 14.2. The van der Waals surface area contributed by atoms with E-state index in [1.807, 2.05) is 0 Å². The Morgan fingerprint density at radius 2 is 1.85 bits per heavy atom. The molecule has 0 bridgehead atoms. The van der Waals surface area contributed by atoms with Gasteiger partial charge in [-0.2, -0.15) is 13.2 Å². The van der Waals surface area contributed by atoms with Crippen LogP contribution in [0.1, 0.15) is 42.0 Å². The van der Waals surface area contributed by atoms with Crippen LogP contribution in [0.5, 0.6) is 0 Å². The van der Waals surface area contributed by atoms with Crippen LogP contribution in [0.4, 0.5) is 23.2 Å². The van der Waals surface area contributed by atoms with Crippen LogP contribution in [0.2, 0.25) is 5.02 Å². The molecule has 1 atom stereocenters. The van der Waals surface area contributed by atoms with E-state index >= 15 is 0 Å². The van der Waals surface area contributed by atoms with Crippen LogP contribution >= 0.6 is 11.6 Å². The van der Waals surface area contributed by atoms with Gasteiger partial charge in [-0.25, -0.2) is 12.8 Å². The zero-order chi connectivity index (χ0) is 29.2. The fourth-order valence-corrected chi connectivity index (χ4v) is 6.51. The van der Waals surface area contributed by atoms with E-state index in [1.165, 1.54) is 19.2 Å². The predicted molar refractivity (Wildman–Crippen MR) is 146 cm³/mol. The Morgan fingerprint density at radius 3 is 2.52 bits per heavy atom. The summed E-state index contributed by atoms with van der Waals surface area (Å²) in [4.78, 5) is 11.2. The smallest absolute Gasteiger partial charge is 0.416 e. The summed E-state index contributed by atoms with van der Waals surface area (Å²) in [7, 11) is -3.17. The van der Waals surface area contributed by atoms with Gasteiger partial charge in [0.1, 0.15) is 5.82 Å². The number of rotatable bonds is 7. The number of benzene rings is 3. The topological polar surface area (TPSA) is 63.7 Å². The van der Waals surface area contributed by atoms with Gasteiger partial charge in [0, 0.05) is 18.5 Å². The van der Waals surface area contributed by atoms with Crippen molar-refractivity contribution in [3.05, 3.63) is 93.8 Å². The van der Waals surface area contributed by atoms with E-state index in [1.54, 1.807) is 37.3 Å². The van der Waals surface area contributed by atoms with Crippen molar-refractivity contribution in [1.82, 2.24) is 0 Å². The van der Waals surface area contributed by atoms with Crippen molar-refractivity contribution < 1.29 is 35.5 Å². The molecular formula is C29H26ClF4NO4S. The second-order valence-corrected chi connectivity index (χ2v) is 11.8. The van der Waals surface area contributed by atoms with Gasteiger partial charge in [-0.05, 0) is 84.9 Å². The minimum Gasteiger partial charge on any atom is -0.469 e. The SMILES string of the molecule is COC(=O)CCC1Cc2ccc(/C(C)=C/c3c(F)cccc3Cl)cc2N(S(=O)(=O)c2cccc(C(F)(F)F)c2)C1. The van der Waals surface area contributed by atoms with Crippen LogP contribution in [0.25, 0.3) is 11.6 Å². The molecule has 3 aromatic rings. The number of esters is 1. The van der Waals surface area contributed by atoms with Crippen molar-refractivity contribution in [2.24, 2.45) is 5.92 Å². The highest BCUT2D eigenvalue weighted by molar-refractivity contribution is 7.92. The van der Waals surface area contributed by atoms with Gasteiger partial charge in [-0.3, -0.25) is 9.10 Å². The maximum atomic E-state index is 14.4. The third kappa shape index (κ3) is 6.33. The molecule has 0 fully saturated rings. The average Bonchev–Trinajstić information content (AvgIpc) is 2.92. The van der Waals surface area contributed by atoms with E-state index in [4.69, 9.17) is 16.3 Å². The number of fused-ring (bicyclic) bond motifs is 1. The van der Waals surface area contributed by atoms with Crippen LogP contribution in [0, 0.1) is 11.7 Å². The summed E-state index contributed by atoms with van der Waals surface area (Å²) in [6.45, 7) is 1.67. The number of alkyl halides is 3. The van der Waals surface area contributed by atoms with Crippen molar-refractivity contribution in [3.8, 4) is 0 Å². The lowest BCUT2D eigenvalue weighted by atomic mass is 9.89. The van der Waals surface area contributed by atoms with Gasteiger partial charge in [0.2, 0.25) is 0 Å². The Balaban J connectivity index is 1.79. The maximum absolute atomic E-state index is 14.4. The number of sulfonamides is 1. The highest BCUT2D eigenvalue weighted by Gasteiger charge is 2.36. The van der Waals surface area contributed by atoms with E-state index in [9.17, 15) is 30.8 Å². The number of carbonyl (C=O) groups is 1. The molecule has 3 aromatic carbocycles. The fraction of sp³-hybridized carbons (Fsp3) is 0.276. The highest BCUT2D eigenvalue weighted by Crippen LogP contribution is 2.39. The Labute approximate surface area is 235 Å². The van der Waals surface area contributed by atoms with Crippen LogP contribution < -0.4 is 4.31 Å². The normalized spacial score (nSPS) is 16.0. The van der Waals surface area contributed by atoms with Crippen LogP contribution in [0.3, 0.4) is 0 Å². The molecule has 1 unspecified atom stereocenters. The average molecular weight is 596 g/mol. The molecule has 0 amide bonds. The molecule has 4 rings (SSSR count).